The fourth-order valence-electron chi connectivity index (χ4n) is 1.98. The zero-order chi connectivity index (χ0) is 10.2. The summed E-state index contributed by atoms with van der Waals surface area (Å²) < 4.78 is 26.1. The van der Waals surface area contributed by atoms with Crippen molar-refractivity contribution in [3.8, 4) is 0 Å². The van der Waals surface area contributed by atoms with E-state index in [1.807, 2.05) is 37.3 Å². The van der Waals surface area contributed by atoms with Gasteiger partial charge in [0.05, 0.1) is 6.54 Å². The molecule has 0 saturated carbocycles. The van der Waals surface area contributed by atoms with Crippen molar-refractivity contribution in [2.75, 3.05) is 6.54 Å². The summed E-state index contributed by atoms with van der Waals surface area (Å²) in [5.74, 6) is -2.58. The van der Waals surface area contributed by atoms with E-state index in [0.717, 1.165) is 5.56 Å². The van der Waals surface area contributed by atoms with Crippen LogP contribution in [-0.4, -0.2) is 12.5 Å². The number of hydrogen-bond donors (Lipinski definition) is 1. The normalized spacial score (nSPS) is 28.5. The molecule has 15 heavy (non-hydrogen) atoms. The summed E-state index contributed by atoms with van der Waals surface area (Å²) in [4.78, 5) is 0. The van der Waals surface area contributed by atoms with Crippen LogP contribution in [0.5, 0.6) is 0 Å². The Hall–Kier alpha value is -0.670. The van der Waals surface area contributed by atoms with Gasteiger partial charge >= 0.3 is 0 Å². The Morgan fingerprint density at radius 3 is 2.27 bits per heavy atom. The molecular weight excluding hydrogens is 220 g/mol. The zero-order valence-electron chi connectivity index (χ0n) is 8.47. The molecule has 1 unspecified atom stereocenters. The summed E-state index contributed by atoms with van der Waals surface area (Å²) in [6.45, 7) is 1.60. The van der Waals surface area contributed by atoms with Gasteiger partial charge in [-0.1, -0.05) is 30.3 Å². The number of halogens is 3. The van der Waals surface area contributed by atoms with Crippen molar-refractivity contribution in [3.05, 3.63) is 35.9 Å². The maximum Gasteiger partial charge on any atom is 0.262 e. The third-order valence-electron chi connectivity index (χ3n) is 2.76. The molecule has 2 rings (SSSR count). The minimum absolute atomic E-state index is 0. The largest absolute Gasteiger partial charge is 0.302 e. The first kappa shape index (κ1) is 12.4. The second-order valence-electron chi connectivity index (χ2n) is 4.08. The lowest BCUT2D eigenvalue weighted by Crippen LogP contribution is -2.32. The van der Waals surface area contributed by atoms with Gasteiger partial charge in [0.25, 0.3) is 5.92 Å². The Balaban J connectivity index is 0.00000112. The van der Waals surface area contributed by atoms with Gasteiger partial charge < -0.3 is 5.32 Å². The van der Waals surface area contributed by atoms with Gasteiger partial charge in [0, 0.05) is 12.0 Å². The number of hydrogen-bond acceptors (Lipinski definition) is 1. The van der Waals surface area contributed by atoms with E-state index in [1.165, 1.54) is 0 Å². The summed E-state index contributed by atoms with van der Waals surface area (Å²) in [7, 11) is 0. The summed E-state index contributed by atoms with van der Waals surface area (Å²) in [6, 6.07) is 9.40. The monoisotopic (exact) mass is 233 g/mol. The molecule has 1 aliphatic rings. The predicted molar refractivity (Wildman–Crippen MR) is 58.6 cm³/mol. The Morgan fingerprint density at radius 1 is 1.20 bits per heavy atom. The number of rotatable bonds is 1. The third kappa shape index (κ3) is 2.47. The zero-order valence-corrected chi connectivity index (χ0v) is 9.28. The van der Waals surface area contributed by atoms with Gasteiger partial charge in [-0.2, -0.15) is 0 Å². The lowest BCUT2D eigenvalue weighted by molar-refractivity contribution is 0.0165. The van der Waals surface area contributed by atoms with Gasteiger partial charge in [-0.15, -0.1) is 12.4 Å². The fraction of sp³-hybridized carbons (Fsp3) is 0.455. The topological polar surface area (TPSA) is 12.0 Å². The molecule has 4 heteroatoms. The SMILES string of the molecule is CC1(c2ccccc2)CC(F)(F)CN1.Cl. The van der Waals surface area contributed by atoms with Gasteiger partial charge in [0.2, 0.25) is 0 Å². The van der Waals surface area contributed by atoms with E-state index in [-0.39, 0.29) is 25.4 Å². The molecule has 1 aliphatic heterocycles. The maximum absolute atomic E-state index is 13.1. The van der Waals surface area contributed by atoms with Gasteiger partial charge in [-0.05, 0) is 12.5 Å². The molecule has 0 aromatic heterocycles. The predicted octanol–water partition coefficient (Wildman–Crippen LogP) is 2.95. The summed E-state index contributed by atoms with van der Waals surface area (Å²) in [5, 5.41) is 2.89. The van der Waals surface area contributed by atoms with Gasteiger partial charge in [-0.3, -0.25) is 0 Å². The van der Waals surface area contributed by atoms with Crippen molar-refractivity contribution in [2.24, 2.45) is 0 Å². The van der Waals surface area contributed by atoms with Crippen LogP contribution in [0.25, 0.3) is 0 Å². The van der Waals surface area contributed by atoms with Crippen LogP contribution < -0.4 is 5.32 Å². The number of benzene rings is 1. The summed E-state index contributed by atoms with van der Waals surface area (Å²) in [5.41, 5.74) is 0.349. The van der Waals surface area contributed by atoms with Crippen molar-refractivity contribution < 1.29 is 8.78 Å². The number of nitrogens with one attached hydrogen (secondary N) is 1. The van der Waals surface area contributed by atoms with E-state index >= 15 is 0 Å². The van der Waals surface area contributed by atoms with Crippen LogP contribution >= 0.6 is 12.4 Å². The molecule has 84 valence electrons. The second kappa shape index (κ2) is 4.06. The highest BCUT2D eigenvalue weighted by Gasteiger charge is 2.47. The van der Waals surface area contributed by atoms with Crippen molar-refractivity contribution in [1.82, 2.24) is 5.32 Å². The van der Waals surface area contributed by atoms with Crippen molar-refractivity contribution >= 4 is 12.4 Å². The highest BCUT2D eigenvalue weighted by molar-refractivity contribution is 5.85. The minimum Gasteiger partial charge on any atom is -0.302 e. The van der Waals surface area contributed by atoms with Crippen molar-refractivity contribution in [2.45, 2.75) is 24.8 Å². The van der Waals surface area contributed by atoms with Gasteiger partial charge in [0.15, 0.2) is 0 Å². The molecule has 0 amide bonds. The lowest BCUT2D eigenvalue weighted by Gasteiger charge is -2.24. The van der Waals surface area contributed by atoms with E-state index in [9.17, 15) is 8.78 Å². The average Bonchev–Trinajstić information content (AvgIpc) is 2.44. The second-order valence-corrected chi connectivity index (χ2v) is 4.08. The molecule has 1 fully saturated rings. The number of alkyl halides is 2. The first-order valence-corrected chi connectivity index (χ1v) is 4.70. The van der Waals surface area contributed by atoms with E-state index < -0.39 is 11.5 Å². The smallest absolute Gasteiger partial charge is 0.262 e. The molecule has 1 atom stereocenters. The molecule has 1 N–H and O–H groups in total. The highest BCUT2D eigenvalue weighted by Crippen LogP contribution is 2.38. The summed E-state index contributed by atoms with van der Waals surface area (Å²) in [6.07, 6.45) is -0.121. The molecule has 1 nitrogen and oxygen atoms in total. The van der Waals surface area contributed by atoms with Crippen molar-refractivity contribution in [3.63, 3.8) is 0 Å². The molecule has 0 radical (unpaired) electrons. The maximum atomic E-state index is 13.1. The standard InChI is InChI=1S/C11H13F2N.ClH/c1-10(7-11(12,13)8-14-10)9-5-3-2-4-6-9;/h2-6,14H,7-8H2,1H3;1H. The van der Waals surface area contributed by atoms with Crippen LogP contribution in [0.15, 0.2) is 30.3 Å². The summed E-state index contributed by atoms with van der Waals surface area (Å²) >= 11 is 0. The van der Waals surface area contributed by atoms with Crippen LogP contribution in [0.3, 0.4) is 0 Å². The van der Waals surface area contributed by atoms with E-state index in [1.54, 1.807) is 0 Å². The molecule has 0 bridgehead atoms. The van der Waals surface area contributed by atoms with E-state index in [0.29, 0.717) is 0 Å². The molecular formula is C11H14ClF2N. The molecule has 1 aromatic rings. The molecule has 0 aliphatic carbocycles. The van der Waals surface area contributed by atoms with Crippen LogP contribution in [-0.2, 0) is 5.54 Å². The van der Waals surface area contributed by atoms with Gasteiger partial charge in [0.1, 0.15) is 0 Å². The Morgan fingerprint density at radius 2 is 1.80 bits per heavy atom. The van der Waals surface area contributed by atoms with Gasteiger partial charge in [-0.25, -0.2) is 8.78 Å². The first-order valence-electron chi connectivity index (χ1n) is 4.70. The van der Waals surface area contributed by atoms with Crippen LogP contribution in [0.2, 0.25) is 0 Å². The quantitative estimate of drug-likeness (QED) is 0.787. The minimum atomic E-state index is -2.58. The molecule has 1 saturated heterocycles. The van der Waals surface area contributed by atoms with E-state index in [2.05, 4.69) is 5.32 Å². The Labute approximate surface area is 94.3 Å². The lowest BCUT2D eigenvalue weighted by atomic mass is 9.90. The Bertz CT molecular complexity index is 329. The molecule has 0 spiro atoms. The molecule has 1 heterocycles. The molecule has 1 aromatic carbocycles. The third-order valence-corrected chi connectivity index (χ3v) is 2.76. The van der Waals surface area contributed by atoms with E-state index in [4.69, 9.17) is 0 Å². The van der Waals surface area contributed by atoms with Crippen LogP contribution in [0.4, 0.5) is 8.78 Å². The Kier molecular flexibility index (Phi) is 3.36. The first-order chi connectivity index (χ1) is 6.52. The van der Waals surface area contributed by atoms with Crippen molar-refractivity contribution in [1.29, 1.82) is 0 Å². The van der Waals surface area contributed by atoms with Crippen LogP contribution in [0, 0.1) is 0 Å². The fourth-order valence-corrected chi connectivity index (χ4v) is 1.98. The average molecular weight is 234 g/mol. The highest BCUT2D eigenvalue weighted by atomic mass is 35.5. The van der Waals surface area contributed by atoms with Crippen LogP contribution in [0.1, 0.15) is 18.9 Å².